The van der Waals surface area contributed by atoms with Crippen molar-refractivity contribution in [2.24, 2.45) is 0 Å². The zero-order valence-corrected chi connectivity index (χ0v) is 12.6. The number of rotatable bonds is 5. The maximum absolute atomic E-state index is 12.9. The van der Waals surface area contributed by atoms with E-state index in [0.717, 1.165) is 28.0 Å². The Balaban J connectivity index is 1.72. The smallest absolute Gasteiger partial charge is 0.176 e. The van der Waals surface area contributed by atoms with Crippen LogP contribution in [0.3, 0.4) is 0 Å². The lowest BCUT2D eigenvalue weighted by molar-refractivity contribution is 0.405. The van der Waals surface area contributed by atoms with Gasteiger partial charge in [0.1, 0.15) is 11.6 Å². The van der Waals surface area contributed by atoms with Crippen LogP contribution in [0.5, 0.6) is 5.75 Å². The molecular formula is C18H18FNO2. The van der Waals surface area contributed by atoms with Gasteiger partial charge in [-0.2, -0.15) is 0 Å². The van der Waals surface area contributed by atoms with Crippen LogP contribution in [0.2, 0.25) is 0 Å². The molecule has 1 N–H and O–H groups in total. The van der Waals surface area contributed by atoms with Crippen LogP contribution in [0.4, 0.5) is 4.39 Å². The Bertz CT molecular complexity index is 764. The quantitative estimate of drug-likeness (QED) is 0.756. The Hall–Kier alpha value is -2.33. The minimum Gasteiger partial charge on any atom is -0.493 e. The van der Waals surface area contributed by atoms with Crippen LogP contribution >= 0.6 is 0 Å². The van der Waals surface area contributed by atoms with E-state index in [-0.39, 0.29) is 11.9 Å². The molecule has 3 nitrogen and oxygen atoms in total. The molecule has 0 amide bonds. The van der Waals surface area contributed by atoms with Gasteiger partial charge in [-0.25, -0.2) is 4.39 Å². The first-order chi connectivity index (χ1) is 10.7. The van der Waals surface area contributed by atoms with E-state index in [0.29, 0.717) is 6.54 Å². The molecule has 2 aromatic carbocycles. The first kappa shape index (κ1) is 14.6. The van der Waals surface area contributed by atoms with Crippen LogP contribution in [-0.4, -0.2) is 7.11 Å². The summed E-state index contributed by atoms with van der Waals surface area (Å²) >= 11 is 0. The van der Waals surface area contributed by atoms with Crippen molar-refractivity contribution in [3.63, 3.8) is 0 Å². The molecule has 1 heterocycles. The Morgan fingerprint density at radius 2 is 1.95 bits per heavy atom. The monoisotopic (exact) mass is 299 g/mol. The molecule has 0 fully saturated rings. The molecule has 0 spiro atoms. The lowest BCUT2D eigenvalue weighted by Crippen LogP contribution is -2.17. The number of halogens is 1. The molecule has 3 aromatic rings. The summed E-state index contributed by atoms with van der Waals surface area (Å²) in [6.45, 7) is 2.63. The Morgan fingerprint density at radius 3 is 2.68 bits per heavy atom. The highest BCUT2D eigenvalue weighted by Crippen LogP contribution is 2.28. The number of benzene rings is 2. The van der Waals surface area contributed by atoms with Crippen LogP contribution in [0.1, 0.15) is 24.3 Å². The SMILES string of the molecule is COc1cccc2cc(CN[C@@H](C)c3ccc(F)cc3)oc12. The summed E-state index contributed by atoms with van der Waals surface area (Å²) in [5.41, 5.74) is 1.80. The molecule has 0 unspecified atom stereocenters. The van der Waals surface area contributed by atoms with Crippen molar-refractivity contribution in [1.29, 1.82) is 0 Å². The summed E-state index contributed by atoms with van der Waals surface area (Å²) in [4.78, 5) is 0. The lowest BCUT2D eigenvalue weighted by atomic mass is 10.1. The highest BCUT2D eigenvalue weighted by Gasteiger charge is 2.10. The first-order valence-electron chi connectivity index (χ1n) is 7.21. The second-order valence-corrected chi connectivity index (χ2v) is 5.25. The Kier molecular flexibility index (Phi) is 4.11. The predicted molar refractivity (Wildman–Crippen MR) is 84.4 cm³/mol. The third kappa shape index (κ3) is 2.97. The van der Waals surface area contributed by atoms with Gasteiger partial charge in [0.15, 0.2) is 11.3 Å². The van der Waals surface area contributed by atoms with Gasteiger partial charge in [0.05, 0.1) is 13.7 Å². The van der Waals surface area contributed by atoms with Gasteiger partial charge >= 0.3 is 0 Å². The molecule has 0 saturated heterocycles. The number of ether oxygens (including phenoxy) is 1. The topological polar surface area (TPSA) is 34.4 Å². The third-order valence-electron chi connectivity index (χ3n) is 3.73. The van der Waals surface area contributed by atoms with Crippen molar-refractivity contribution in [1.82, 2.24) is 5.32 Å². The number of hydrogen-bond acceptors (Lipinski definition) is 3. The fraction of sp³-hybridized carbons (Fsp3) is 0.222. The van der Waals surface area contributed by atoms with Gasteiger partial charge < -0.3 is 14.5 Å². The minimum absolute atomic E-state index is 0.107. The van der Waals surface area contributed by atoms with E-state index in [1.807, 2.05) is 31.2 Å². The molecule has 22 heavy (non-hydrogen) atoms. The summed E-state index contributed by atoms with van der Waals surface area (Å²) in [7, 11) is 1.63. The molecular weight excluding hydrogens is 281 g/mol. The van der Waals surface area contributed by atoms with Gasteiger partial charge in [-0.1, -0.05) is 24.3 Å². The van der Waals surface area contributed by atoms with Crippen LogP contribution in [-0.2, 0) is 6.54 Å². The number of nitrogens with one attached hydrogen (secondary N) is 1. The highest BCUT2D eigenvalue weighted by molar-refractivity contribution is 5.83. The van der Waals surface area contributed by atoms with Crippen LogP contribution < -0.4 is 10.1 Å². The molecule has 0 radical (unpaired) electrons. The standard InChI is InChI=1S/C18H18FNO2/c1-12(13-6-8-15(19)9-7-13)20-11-16-10-14-4-3-5-17(21-2)18(14)22-16/h3-10,12,20H,11H2,1-2H3/t12-/m0/s1. The molecule has 0 bridgehead atoms. The van der Waals surface area contributed by atoms with E-state index in [1.165, 1.54) is 12.1 Å². The third-order valence-corrected chi connectivity index (χ3v) is 3.73. The Morgan fingerprint density at radius 1 is 1.18 bits per heavy atom. The predicted octanol–water partition coefficient (Wildman–Crippen LogP) is 4.43. The molecule has 0 aliphatic heterocycles. The van der Waals surface area contributed by atoms with Crippen LogP contribution in [0.15, 0.2) is 52.9 Å². The molecule has 114 valence electrons. The van der Waals surface area contributed by atoms with Gasteiger partial charge in [0.25, 0.3) is 0 Å². The van der Waals surface area contributed by atoms with Gasteiger partial charge in [-0.15, -0.1) is 0 Å². The summed E-state index contributed by atoms with van der Waals surface area (Å²) < 4.78 is 24.1. The number of para-hydroxylation sites is 1. The summed E-state index contributed by atoms with van der Waals surface area (Å²) in [6, 6.07) is 14.4. The van der Waals surface area contributed by atoms with E-state index in [2.05, 4.69) is 5.32 Å². The second-order valence-electron chi connectivity index (χ2n) is 5.25. The maximum Gasteiger partial charge on any atom is 0.176 e. The van der Waals surface area contributed by atoms with Crippen molar-refractivity contribution in [3.8, 4) is 5.75 Å². The normalized spacial score (nSPS) is 12.5. The van der Waals surface area contributed by atoms with E-state index < -0.39 is 0 Å². The molecule has 0 aliphatic carbocycles. The van der Waals surface area contributed by atoms with Crippen molar-refractivity contribution in [3.05, 3.63) is 65.7 Å². The number of fused-ring (bicyclic) bond motifs is 1. The van der Waals surface area contributed by atoms with E-state index >= 15 is 0 Å². The largest absolute Gasteiger partial charge is 0.493 e. The van der Waals surface area contributed by atoms with Crippen molar-refractivity contribution in [2.75, 3.05) is 7.11 Å². The molecule has 1 atom stereocenters. The number of hydrogen-bond donors (Lipinski definition) is 1. The zero-order valence-electron chi connectivity index (χ0n) is 12.6. The number of furan rings is 1. The van der Waals surface area contributed by atoms with Crippen LogP contribution in [0.25, 0.3) is 11.0 Å². The van der Waals surface area contributed by atoms with Gasteiger partial charge in [-0.05, 0) is 36.8 Å². The van der Waals surface area contributed by atoms with E-state index in [4.69, 9.17) is 9.15 Å². The molecule has 0 aliphatic rings. The summed E-state index contributed by atoms with van der Waals surface area (Å²) in [6.07, 6.45) is 0. The zero-order chi connectivity index (χ0) is 15.5. The molecule has 4 heteroatoms. The first-order valence-corrected chi connectivity index (χ1v) is 7.21. The molecule has 1 aromatic heterocycles. The van der Waals surface area contributed by atoms with Crippen molar-refractivity contribution >= 4 is 11.0 Å². The van der Waals surface area contributed by atoms with Crippen LogP contribution in [0, 0.1) is 5.82 Å². The molecule has 3 rings (SSSR count). The molecule has 0 saturated carbocycles. The average molecular weight is 299 g/mol. The lowest BCUT2D eigenvalue weighted by Gasteiger charge is -2.13. The maximum atomic E-state index is 12.9. The fourth-order valence-electron chi connectivity index (χ4n) is 2.46. The minimum atomic E-state index is -0.222. The average Bonchev–Trinajstić information content (AvgIpc) is 2.96. The number of methoxy groups -OCH3 is 1. The fourth-order valence-corrected chi connectivity index (χ4v) is 2.46. The van der Waals surface area contributed by atoms with Gasteiger partial charge in [0, 0.05) is 11.4 Å². The van der Waals surface area contributed by atoms with Gasteiger partial charge in [0.2, 0.25) is 0 Å². The summed E-state index contributed by atoms with van der Waals surface area (Å²) in [5, 5.41) is 4.40. The van der Waals surface area contributed by atoms with E-state index in [1.54, 1.807) is 19.2 Å². The van der Waals surface area contributed by atoms with Crippen molar-refractivity contribution in [2.45, 2.75) is 19.5 Å². The summed E-state index contributed by atoms with van der Waals surface area (Å²) in [5.74, 6) is 1.35. The Labute approximate surface area is 128 Å². The van der Waals surface area contributed by atoms with Gasteiger partial charge in [-0.3, -0.25) is 0 Å². The second kappa shape index (κ2) is 6.20. The van der Waals surface area contributed by atoms with Crippen molar-refractivity contribution < 1.29 is 13.5 Å². The van der Waals surface area contributed by atoms with E-state index in [9.17, 15) is 4.39 Å². The highest BCUT2D eigenvalue weighted by atomic mass is 19.1.